The Morgan fingerprint density at radius 2 is 2.12 bits per heavy atom. The smallest absolute Gasteiger partial charge is 0.387 e. The summed E-state index contributed by atoms with van der Waals surface area (Å²) in [5.74, 6) is 1.29. The molecule has 3 rings (SSSR count). The van der Waals surface area contributed by atoms with Crippen LogP contribution in [-0.2, 0) is 6.42 Å². The summed E-state index contributed by atoms with van der Waals surface area (Å²) in [7, 11) is 3.24. The van der Waals surface area contributed by atoms with E-state index in [4.69, 9.17) is 4.74 Å². The van der Waals surface area contributed by atoms with Crippen molar-refractivity contribution in [2.75, 3.05) is 33.8 Å². The fraction of sp³-hybridized carbons (Fsp3) is 0.632. The fourth-order valence-corrected chi connectivity index (χ4v) is 3.92. The number of nitrogens with zero attached hydrogens (tertiary/aromatic N) is 2. The molecule has 2 fully saturated rings. The van der Waals surface area contributed by atoms with Crippen LogP contribution in [0.2, 0.25) is 0 Å². The van der Waals surface area contributed by atoms with Crippen LogP contribution in [0.5, 0.6) is 11.5 Å². The topological polar surface area (TPSA) is 46.1 Å². The molecule has 1 spiro atoms. The van der Waals surface area contributed by atoms with Gasteiger partial charge in [-0.2, -0.15) is 8.78 Å². The van der Waals surface area contributed by atoms with Crippen LogP contribution in [-0.4, -0.2) is 51.3 Å². The second-order valence-corrected chi connectivity index (χ2v) is 7.11. The van der Waals surface area contributed by atoms with E-state index >= 15 is 0 Å². The number of methoxy groups -OCH3 is 1. The Kier molecular flexibility index (Phi) is 5.84. The Morgan fingerprint density at radius 1 is 1.31 bits per heavy atom. The lowest BCUT2D eigenvalue weighted by molar-refractivity contribution is -0.0512. The second-order valence-electron chi connectivity index (χ2n) is 7.11. The first-order valence-corrected chi connectivity index (χ1v) is 9.12. The van der Waals surface area contributed by atoms with Crippen molar-refractivity contribution in [1.82, 2.24) is 10.2 Å². The molecule has 7 heteroatoms. The van der Waals surface area contributed by atoms with Crippen molar-refractivity contribution in [3.63, 3.8) is 0 Å². The zero-order valence-corrected chi connectivity index (χ0v) is 15.4. The van der Waals surface area contributed by atoms with Crippen LogP contribution in [0.1, 0.15) is 31.2 Å². The molecule has 1 saturated heterocycles. The lowest BCUT2D eigenvalue weighted by atomic mass is 9.68. The summed E-state index contributed by atoms with van der Waals surface area (Å²) < 4.78 is 34.7. The largest absolute Gasteiger partial charge is 0.493 e. The number of guanidine groups is 1. The van der Waals surface area contributed by atoms with E-state index in [9.17, 15) is 8.78 Å². The number of ether oxygens (including phenoxy) is 2. The Bertz CT molecular complexity index is 648. The third-order valence-electron chi connectivity index (χ3n) is 5.50. The molecule has 26 heavy (non-hydrogen) atoms. The average Bonchev–Trinajstić information content (AvgIpc) is 3.04. The molecular weight excluding hydrogens is 340 g/mol. The number of halogens is 2. The highest BCUT2D eigenvalue weighted by Crippen LogP contribution is 2.47. The van der Waals surface area contributed by atoms with E-state index in [1.54, 1.807) is 19.2 Å². The van der Waals surface area contributed by atoms with Crippen molar-refractivity contribution in [1.29, 1.82) is 0 Å². The van der Waals surface area contributed by atoms with Gasteiger partial charge in [-0.25, -0.2) is 0 Å². The molecule has 5 nitrogen and oxygen atoms in total. The standard InChI is InChI=1S/C19H27F2N3O2/c1-22-18(24-11-9-19(13-24)7-3-8-19)23-10-6-14-4-5-15(25-2)16(12-14)26-17(20)21/h4-5,12,17H,3,6-11,13H2,1-2H3,(H,22,23). The van der Waals surface area contributed by atoms with Crippen molar-refractivity contribution in [2.45, 2.75) is 38.7 Å². The van der Waals surface area contributed by atoms with Gasteiger partial charge in [0.05, 0.1) is 7.11 Å². The number of hydrogen-bond acceptors (Lipinski definition) is 3. The van der Waals surface area contributed by atoms with Crippen LogP contribution in [0.4, 0.5) is 8.78 Å². The number of rotatable bonds is 6. The molecule has 0 radical (unpaired) electrons. The molecule has 2 aliphatic rings. The molecule has 1 aliphatic heterocycles. The van der Waals surface area contributed by atoms with E-state index in [-0.39, 0.29) is 5.75 Å². The van der Waals surface area contributed by atoms with E-state index < -0.39 is 6.61 Å². The number of nitrogens with one attached hydrogen (secondary N) is 1. The quantitative estimate of drug-likeness (QED) is 0.619. The highest BCUT2D eigenvalue weighted by atomic mass is 19.3. The predicted molar refractivity (Wildman–Crippen MR) is 97.2 cm³/mol. The van der Waals surface area contributed by atoms with Crippen LogP contribution in [0.25, 0.3) is 0 Å². The average molecular weight is 367 g/mol. The van der Waals surface area contributed by atoms with Crippen molar-refractivity contribution in [2.24, 2.45) is 10.4 Å². The summed E-state index contributed by atoms with van der Waals surface area (Å²) in [6.45, 7) is -0.0580. The Morgan fingerprint density at radius 3 is 2.69 bits per heavy atom. The van der Waals surface area contributed by atoms with Crippen LogP contribution < -0.4 is 14.8 Å². The summed E-state index contributed by atoms with van der Waals surface area (Å²) in [5.41, 5.74) is 1.43. The highest BCUT2D eigenvalue weighted by molar-refractivity contribution is 5.80. The summed E-state index contributed by atoms with van der Waals surface area (Å²) in [6.07, 6.45) is 5.95. The molecule has 1 aromatic carbocycles. The lowest BCUT2D eigenvalue weighted by Crippen LogP contribution is -2.43. The minimum Gasteiger partial charge on any atom is -0.493 e. The first-order chi connectivity index (χ1) is 12.5. The van der Waals surface area contributed by atoms with Gasteiger partial charge in [-0.1, -0.05) is 12.5 Å². The Balaban J connectivity index is 1.53. The van der Waals surface area contributed by atoms with Gasteiger partial charge >= 0.3 is 6.61 Å². The molecule has 0 unspecified atom stereocenters. The van der Waals surface area contributed by atoms with Crippen molar-refractivity contribution < 1.29 is 18.3 Å². The van der Waals surface area contributed by atoms with Gasteiger partial charge in [0.1, 0.15) is 0 Å². The first-order valence-electron chi connectivity index (χ1n) is 9.12. The zero-order valence-electron chi connectivity index (χ0n) is 15.4. The molecule has 1 aromatic rings. The van der Waals surface area contributed by atoms with E-state index in [1.165, 1.54) is 32.8 Å². The van der Waals surface area contributed by atoms with Gasteiger partial charge in [0.2, 0.25) is 0 Å². The van der Waals surface area contributed by atoms with Crippen LogP contribution in [0, 0.1) is 5.41 Å². The number of hydrogen-bond donors (Lipinski definition) is 1. The van der Waals surface area contributed by atoms with E-state index in [2.05, 4.69) is 19.9 Å². The minimum absolute atomic E-state index is 0.0656. The van der Waals surface area contributed by atoms with Gasteiger partial charge in [0, 0.05) is 26.7 Å². The van der Waals surface area contributed by atoms with Crippen molar-refractivity contribution >= 4 is 5.96 Å². The Labute approximate surface area is 153 Å². The van der Waals surface area contributed by atoms with Gasteiger partial charge in [0.15, 0.2) is 17.5 Å². The van der Waals surface area contributed by atoms with Gasteiger partial charge in [-0.3, -0.25) is 4.99 Å². The van der Waals surface area contributed by atoms with E-state index in [0.717, 1.165) is 24.6 Å². The third-order valence-corrected chi connectivity index (χ3v) is 5.50. The molecule has 1 saturated carbocycles. The molecule has 1 aliphatic carbocycles. The maximum Gasteiger partial charge on any atom is 0.387 e. The number of alkyl halides is 2. The molecule has 1 heterocycles. The maximum absolute atomic E-state index is 12.5. The molecular formula is C19H27F2N3O2. The zero-order chi connectivity index (χ0) is 18.6. The Hall–Kier alpha value is -2.05. The minimum atomic E-state index is -2.87. The third kappa shape index (κ3) is 4.19. The van der Waals surface area contributed by atoms with Gasteiger partial charge < -0.3 is 19.7 Å². The summed E-state index contributed by atoms with van der Waals surface area (Å²) in [4.78, 5) is 6.73. The van der Waals surface area contributed by atoms with Gasteiger partial charge in [0.25, 0.3) is 0 Å². The van der Waals surface area contributed by atoms with Crippen LogP contribution in [0.3, 0.4) is 0 Å². The lowest BCUT2D eigenvalue weighted by Gasteiger charge is -2.38. The molecule has 0 atom stereocenters. The number of aliphatic imine (C=N–C) groups is 1. The highest BCUT2D eigenvalue weighted by Gasteiger charge is 2.43. The molecule has 144 valence electrons. The molecule has 1 N–H and O–H groups in total. The van der Waals surface area contributed by atoms with Gasteiger partial charge in [-0.15, -0.1) is 0 Å². The van der Waals surface area contributed by atoms with Crippen LogP contribution >= 0.6 is 0 Å². The molecule has 0 aromatic heterocycles. The van der Waals surface area contributed by atoms with E-state index in [1.807, 2.05) is 6.07 Å². The maximum atomic E-state index is 12.5. The van der Waals surface area contributed by atoms with Crippen LogP contribution in [0.15, 0.2) is 23.2 Å². The van der Waals surface area contributed by atoms with Gasteiger partial charge in [-0.05, 0) is 48.8 Å². The summed E-state index contributed by atoms with van der Waals surface area (Å²) in [6, 6.07) is 5.12. The predicted octanol–water partition coefficient (Wildman–Crippen LogP) is 3.29. The fourth-order valence-electron chi connectivity index (χ4n) is 3.92. The normalized spacial score (nSPS) is 19.0. The second kappa shape index (κ2) is 8.10. The molecule has 0 amide bonds. The number of benzene rings is 1. The number of likely N-dealkylation sites (tertiary alicyclic amines) is 1. The van der Waals surface area contributed by atoms with E-state index in [0.29, 0.717) is 24.1 Å². The van der Waals surface area contributed by atoms with Crippen molar-refractivity contribution in [3.05, 3.63) is 23.8 Å². The first kappa shape index (κ1) is 18.7. The summed E-state index contributed by atoms with van der Waals surface area (Å²) in [5, 5.41) is 3.39. The monoisotopic (exact) mass is 367 g/mol. The summed E-state index contributed by atoms with van der Waals surface area (Å²) >= 11 is 0. The van der Waals surface area contributed by atoms with Crippen molar-refractivity contribution in [3.8, 4) is 11.5 Å². The molecule has 0 bridgehead atoms. The SMILES string of the molecule is CN=C(NCCc1ccc(OC)c(OC(F)F)c1)N1CCC2(CCC2)C1.